The molecule has 0 spiro atoms. The highest BCUT2D eigenvalue weighted by atomic mass is 16.5. The Morgan fingerprint density at radius 3 is 2.72 bits per heavy atom. The van der Waals surface area contributed by atoms with E-state index in [1.165, 1.54) is 0 Å². The van der Waals surface area contributed by atoms with Crippen molar-refractivity contribution in [1.82, 2.24) is 10.3 Å². The largest absolute Gasteiger partial charge is 0.497 e. The first-order valence-corrected chi connectivity index (χ1v) is 8.69. The van der Waals surface area contributed by atoms with Crippen molar-refractivity contribution >= 4 is 11.6 Å². The number of ether oxygens (including phenoxy) is 1. The molecule has 2 aromatic rings. The van der Waals surface area contributed by atoms with Gasteiger partial charge >= 0.3 is 0 Å². The predicted octanol–water partition coefficient (Wildman–Crippen LogP) is 3.52. The molecule has 0 aliphatic carbocycles. The van der Waals surface area contributed by atoms with E-state index in [1.807, 2.05) is 30.3 Å². The van der Waals surface area contributed by atoms with Crippen molar-refractivity contribution in [2.75, 3.05) is 25.5 Å². The Bertz CT molecular complexity index is 669. The van der Waals surface area contributed by atoms with Crippen LogP contribution in [0.2, 0.25) is 0 Å². The van der Waals surface area contributed by atoms with Crippen LogP contribution in [0, 0.1) is 5.92 Å². The molecule has 134 valence electrons. The minimum atomic E-state index is -0.156. The van der Waals surface area contributed by atoms with E-state index in [0.717, 1.165) is 36.4 Å². The van der Waals surface area contributed by atoms with Gasteiger partial charge in [0, 0.05) is 13.1 Å². The number of nitrogens with one attached hydrogen (secondary N) is 2. The van der Waals surface area contributed by atoms with Gasteiger partial charge in [0.1, 0.15) is 11.4 Å². The maximum Gasteiger partial charge on any atom is 0.269 e. The Hall–Kier alpha value is -2.56. The second kappa shape index (κ2) is 9.67. The van der Waals surface area contributed by atoms with E-state index in [2.05, 4.69) is 29.5 Å². The van der Waals surface area contributed by atoms with Gasteiger partial charge in [0.05, 0.1) is 19.0 Å². The number of methoxy groups -OCH3 is 1. The smallest absolute Gasteiger partial charge is 0.269 e. The third-order valence-electron chi connectivity index (χ3n) is 3.88. The van der Waals surface area contributed by atoms with Crippen molar-refractivity contribution in [3.8, 4) is 5.75 Å². The molecule has 0 saturated heterocycles. The van der Waals surface area contributed by atoms with Gasteiger partial charge in [-0.1, -0.05) is 26.0 Å². The van der Waals surface area contributed by atoms with Crippen LogP contribution in [0.25, 0.3) is 0 Å². The minimum absolute atomic E-state index is 0.156. The molecule has 0 radical (unpaired) electrons. The van der Waals surface area contributed by atoms with Crippen molar-refractivity contribution in [2.45, 2.75) is 26.7 Å². The Morgan fingerprint density at radius 1 is 1.20 bits per heavy atom. The second-order valence-electron chi connectivity index (χ2n) is 6.40. The van der Waals surface area contributed by atoms with Gasteiger partial charge in [-0.3, -0.25) is 4.79 Å². The van der Waals surface area contributed by atoms with Crippen molar-refractivity contribution in [3.63, 3.8) is 0 Å². The SMILES string of the molecule is COc1cccc(CCNC(=O)c2ccc(NCCC(C)C)cn2)c1. The molecule has 0 fully saturated rings. The molecular weight excluding hydrogens is 314 g/mol. The van der Waals surface area contributed by atoms with E-state index < -0.39 is 0 Å². The predicted molar refractivity (Wildman–Crippen MR) is 101 cm³/mol. The van der Waals surface area contributed by atoms with Crippen LogP contribution in [-0.4, -0.2) is 31.1 Å². The number of amides is 1. The summed E-state index contributed by atoms with van der Waals surface area (Å²) in [5, 5.41) is 6.21. The van der Waals surface area contributed by atoms with Gasteiger partial charge < -0.3 is 15.4 Å². The molecule has 5 heteroatoms. The molecule has 2 N–H and O–H groups in total. The molecule has 1 aromatic carbocycles. The fraction of sp³-hybridized carbons (Fsp3) is 0.400. The molecule has 0 atom stereocenters. The lowest BCUT2D eigenvalue weighted by Crippen LogP contribution is -2.26. The van der Waals surface area contributed by atoms with Crippen LogP contribution in [0.15, 0.2) is 42.6 Å². The lowest BCUT2D eigenvalue weighted by atomic mass is 10.1. The number of hydrogen-bond donors (Lipinski definition) is 2. The molecule has 0 unspecified atom stereocenters. The summed E-state index contributed by atoms with van der Waals surface area (Å²) >= 11 is 0. The van der Waals surface area contributed by atoms with Crippen LogP contribution >= 0.6 is 0 Å². The molecule has 0 bridgehead atoms. The molecule has 25 heavy (non-hydrogen) atoms. The van der Waals surface area contributed by atoms with E-state index in [0.29, 0.717) is 18.2 Å². The summed E-state index contributed by atoms with van der Waals surface area (Å²) in [6.45, 7) is 5.85. The Kier molecular flexibility index (Phi) is 7.26. The fourth-order valence-electron chi connectivity index (χ4n) is 2.38. The van der Waals surface area contributed by atoms with Crippen molar-refractivity contribution in [1.29, 1.82) is 0 Å². The molecular formula is C20H27N3O2. The molecule has 1 heterocycles. The van der Waals surface area contributed by atoms with Gasteiger partial charge in [-0.25, -0.2) is 4.98 Å². The molecule has 1 amide bonds. The summed E-state index contributed by atoms with van der Waals surface area (Å²) < 4.78 is 5.20. The number of anilines is 1. The van der Waals surface area contributed by atoms with Crippen molar-refractivity contribution < 1.29 is 9.53 Å². The Morgan fingerprint density at radius 2 is 2.04 bits per heavy atom. The van der Waals surface area contributed by atoms with Gasteiger partial charge in [0.2, 0.25) is 0 Å². The Balaban J connectivity index is 1.78. The van der Waals surface area contributed by atoms with Crippen molar-refractivity contribution in [3.05, 3.63) is 53.9 Å². The zero-order chi connectivity index (χ0) is 18.1. The fourth-order valence-corrected chi connectivity index (χ4v) is 2.38. The number of nitrogens with zero attached hydrogens (tertiary/aromatic N) is 1. The number of carbonyl (C=O) groups excluding carboxylic acids is 1. The van der Waals surface area contributed by atoms with Crippen LogP contribution in [-0.2, 0) is 6.42 Å². The minimum Gasteiger partial charge on any atom is -0.497 e. The van der Waals surface area contributed by atoms with Gasteiger partial charge in [0.15, 0.2) is 0 Å². The van der Waals surface area contributed by atoms with E-state index in [1.54, 1.807) is 19.4 Å². The van der Waals surface area contributed by atoms with E-state index in [-0.39, 0.29) is 5.91 Å². The summed E-state index contributed by atoms with van der Waals surface area (Å²) in [4.78, 5) is 16.4. The first-order chi connectivity index (χ1) is 12.1. The number of hydrogen-bond acceptors (Lipinski definition) is 4. The molecule has 1 aromatic heterocycles. The van der Waals surface area contributed by atoms with Crippen molar-refractivity contribution in [2.24, 2.45) is 5.92 Å². The zero-order valence-corrected chi connectivity index (χ0v) is 15.2. The maximum atomic E-state index is 12.2. The summed E-state index contributed by atoms with van der Waals surface area (Å²) in [5.41, 5.74) is 2.49. The molecule has 0 aliphatic heterocycles. The summed E-state index contributed by atoms with van der Waals surface area (Å²) in [6.07, 6.45) is 3.56. The molecule has 0 aliphatic rings. The first-order valence-electron chi connectivity index (χ1n) is 8.69. The monoisotopic (exact) mass is 341 g/mol. The third kappa shape index (κ3) is 6.45. The highest BCUT2D eigenvalue weighted by molar-refractivity contribution is 5.92. The number of rotatable bonds is 9. The summed E-state index contributed by atoms with van der Waals surface area (Å²) in [7, 11) is 1.65. The molecule has 5 nitrogen and oxygen atoms in total. The average Bonchev–Trinajstić information content (AvgIpc) is 2.62. The number of pyridine rings is 1. The number of benzene rings is 1. The summed E-state index contributed by atoms with van der Waals surface area (Å²) in [6, 6.07) is 11.5. The quantitative estimate of drug-likeness (QED) is 0.732. The second-order valence-corrected chi connectivity index (χ2v) is 6.40. The lowest BCUT2D eigenvalue weighted by molar-refractivity contribution is 0.0949. The average molecular weight is 341 g/mol. The van der Waals surface area contributed by atoms with Crippen LogP contribution in [0.1, 0.15) is 36.3 Å². The lowest BCUT2D eigenvalue weighted by Gasteiger charge is -2.09. The van der Waals surface area contributed by atoms with E-state index in [9.17, 15) is 4.79 Å². The summed E-state index contributed by atoms with van der Waals surface area (Å²) in [5.74, 6) is 1.33. The van der Waals surface area contributed by atoms with Crippen LogP contribution < -0.4 is 15.4 Å². The highest BCUT2D eigenvalue weighted by Gasteiger charge is 2.07. The Labute approximate surface area is 149 Å². The van der Waals surface area contributed by atoms with Gasteiger partial charge in [0.25, 0.3) is 5.91 Å². The highest BCUT2D eigenvalue weighted by Crippen LogP contribution is 2.12. The van der Waals surface area contributed by atoms with E-state index in [4.69, 9.17) is 4.74 Å². The normalized spacial score (nSPS) is 10.6. The van der Waals surface area contributed by atoms with Gasteiger partial charge in [-0.05, 0) is 48.6 Å². The van der Waals surface area contributed by atoms with E-state index >= 15 is 0 Å². The third-order valence-corrected chi connectivity index (χ3v) is 3.88. The zero-order valence-electron chi connectivity index (χ0n) is 15.2. The van der Waals surface area contributed by atoms with Crippen LogP contribution in [0.4, 0.5) is 5.69 Å². The number of carbonyl (C=O) groups is 1. The first kappa shape index (κ1) is 18.8. The number of aromatic nitrogens is 1. The molecule has 0 saturated carbocycles. The van der Waals surface area contributed by atoms with Crippen LogP contribution in [0.5, 0.6) is 5.75 Å². The van der Waals surface area contributed by atoms with Crippen LogP contribution in [0.3, 0.4) is 0 Å². The van der Waals surface area contributed by atoms with Gasteiger partial charge in [-0.2, -0.15) is 0 Å². The molecule has 2 rings (SSSR count). The standard InChI is InChI=1S/C20H27N3O2/c1-15(2)9-11-21-17-7-8-19(23-14-17)20(24)22-12-10-16-5-4-6-18(13-16)25-3/h4-8,13-15,21H,9-12H2,1-3H3,(H,22,24). The topological polar surface area (TPSA) is 63.2 Å². The van der Waals surface area contributed by atoms with Gasteiger partial charge in [-0.15, -0.1) is 0 Å². The maximum absolute atomic E-state index is 12.2.